The normalized spacial score (nSPS) is 20.7. The standard InChI is InChI=1S/C24H34N4O3/c29-22(25-21-7-5-6-19(16-21)23(30)26-20-8-9-20)17-27-14-10-18(11-15-27)24(31)28-12-3-1-2-4-13-28/h5-7,16,18,20H,1-4,8-15,17H2,(H,25,29)(H,26,30). The summed E-state index contributed by atoms with van der Waals surface area (Å²) in [6, 6.07) is 7.39. The minimum atomic E-state index is -0.0882. The molecular weight excluding hydrogens is 392 g/mol. The van der Waals surface area contributed by atoms with Crippen LogP contribution >= 0.6 is 0 Å². The van der Waals surface area contributed by atoms with Crippen LogP contribution in [0.4, 0.5) is 5.69 Å². The number of rotatable bonds is 6. The second-order valence-corrected chi connectivity index (χ2v) is 9.17. The lowest BCUT2D eigenvalue weighted by atomic mass is 9.95. The van der Waals surface area contributed by atoms with Crippen LogP contribution in [0.2, 0.25) is 0 Å². The van der Waals surface area contributed by atoms with Crippen molar-refractivity contribution in [3.8, 4) is 0 Å². The monoisotopic (exact) mass is 426 g/mol. The first kappa shape index (κ1) is 21.8. The van der Waals surface area contributed by atoms with Crippen LogP contribution in [0, 0.1) is 5.92 Å². The second kappa shape index (κ2) is 10.3. The zero-order valence-corrected chi connectivity index (χ0v) is 18.3. The van der Waals surface area contributed by atoms with Crippen LogP contribution in [0.25, 0.3) is 0 Å². The van der Waals surface area contributed by atoms with E-state index in [1.54, 1.807) is 24.3 Å². The molecule has 3 fully saturated rings. The number of piperidine rings is 1. The Hall–Kier alpha value is -2.41. The second-order valence-electron chi connectivity index (χ2n) is 9.17. The van der Waals surface area contributed by atoms with Crippen molar-refractivity contribution < 1.29 is 14.4 Å². The summed E-state index contributed by atoms with van der Waals surface area (Å²) in [6.45, 7) is 3.64. The summed E-state index contributed by atoms with van der Waals surface area (Å²) < 4.78 is 0. The molecule has 1 aromatic rings. The highest BCUT2D eigenvalue weighted by Crippen LogP contribution is 2.22. The van der Waals surface area contributed by atoms with Gasteiger partial charge in [-0.05, 0) is 69.8 Å². The van der Waals surface area contributed by atoms with Crippen molar-refractivity contribution in [2.75, 3.05) is 38.0 Å². The zero-order chi connectivity index (χ0) is 21.6. The van der Waals surface area contributed by atoms with E-state index in [-0.39, 0.29) is 17.7 Å². The fourth-order valence-electron chi connectivity index (χ4n) is 4.53. The average molecular weight is 427 g/mol. The smallest absolute Gasteiger partial charge is 0.251 e. The van der Waals surface area contributed by atoms with Gasteiger partial charge in [-0.1, -0.05) is 18.9 Å². The van der Waals surface area contributed by atoms with Crippen LogP contribution in [0.1, 0.15) is 61.7 Å². The van der Waals surface area contributed by atoms with Crippen LogP contribution in [0.5, 0.6) is 0 Å². The van der Waals surface area contributed by atoms with Gasteiger partial charge in [0.05, 0.1) is 6.54 Å². The van der Waals surface area contributed by atoms with Crippen molar-refractivity contribution in [3.05, 3.63) is 29.8 Å². The van der Waals surface area contributed by atoms with E-state index in [9.17, 15) is 14.4 Å². The van der Waals surface area contributed by atoms with Gasteiger partial charge >= 0.3 is 0 Å². The molecule has 2 aliphatic heterocycles. The fourth-order valence-corrected chi connectivity index (χ4v) is 4.53. The van der Waals surface area contributed by atoms with Crippen molar-refractivity contribution in [2.45, 2.75) is 57.4 Å². The predicted octanol–water partition coefficient (Wildman–Crippen LogP) is 2.63. The van der Waals surface area contributed by atoms with Crippen LogP contribution in [0.3, 0.4) is 0 Å². The highest BCUT2D eigenvalue weighted by atomic mass is 16.2. The zero-order valence-electron chi connectivity index (χ0n) is 18.3. The quantitative estimate of drug-likeness (QED) is 0.733. The Morgan fingerprint density at radius 3 is 2.29 bits per heavy atom. The Kier molecular flexibility index (Phi) is 7.22. The first-order chi connectivity index (χ1) is 15.1. The molecule has 1 saturated carbocycles. The molecule has 1 aromatic carbocycles. The molecule has 0 unspecified atom stereocenters. The number of hydrogen-bond donors (Lipinski definition) is 2. The third-order valence-electron chi connectivity index (χ3n) is 6.54. The molecule has 0 radical (unpaired) electrons. The number of amides is 3. The third kappa shape index (κ3) is 6.29. The maximum Gasteiger partial charge on any atom is 0.251 e. The van der Waals surface area contributed by atoms with E-state index in [1.807, 2.05) is 0 Å². The van der Waals surface area contributed by atoms with Gasteiger partial charge in [-0.2, -0.15) is 0 Å². The Bertz CT molecular complexity index is 792. The van der Waals surface area contributed by atoms with E-state index in [0.717, 1.165) is 64.7 Å². The van der Waals surface area contributed by atoms with Crippen molar-refractivity contribution in [1.82, 2.24) is 15.1 Å². The molecule has 2 saturated heterocycles. The lowest BCUT2D eigenvalue weighted by Crippen LogP contribution is -2.44. The number of hydrogen-bond acceptors (Lipinski definition) is 4. The van der Waals surface area contributed by atoms with Crippen molar-refractivity contribution in [1.29, 1.82) is 0 Å². The van der Waals surface area contributed by atoms with Gasteiger partial charge < -0.3 is 15.5 Å². The lowest BCUT2D eigenvalue weighted by Gasteiger charge is -2.33. The molecule has 2 N–H and O–H groups in total. The maximum atomic E-state index is 12.8. The average Bonchev–Trinajstić information content (AvgIpc) is 3.61. The topological polar surface area (TPSA) is 81.8 Å². The SMILES string of the molecule is O=C(CN1CCC(C(=O)N2CCCCCC2)CC1)Nc1cccc(C(=O)NC2CC2)c1. The Morgan fingerprint density at radius 2 is 1.61 bits per heavy atom. The maximum absolute atomic E-state index is 12.8. The molecule has 3 amide bonds. The summed E-state index contributed by atoms with van der Waals surface area (Å²) in [7, 11) is 0. The van der Waals surface area contributed by atoms with E-state index >= 15 is 0 Å². The van der Waals surface area contributed by atoms with E-state index in [4.69, 9.17) is 0 Å². The number of benzene rings is 1. The summed E-state index contributed by atoms with van der Waals surface area (Å²) in [6.07, 6.45) is 8.42. The molecule has 168 valence electrons. The minimum Gasteiger partial charge on any atom is -0.349 e. The molecule has 7 nitrogen and oxygen atoms in total. The molecule has 2 heterocycles. The van der Waals surface area contributed by atoms with Gasteiger partial charge in [0.25, 0.3) is 5.91 Å². The third-order valence-corrected chi connectivity index (χ3v) is 6.54. The molecular formula is C24H34N4O3. The first-order valence-corrected chi connectivity index (χ1v) is 11.8. The summed E-state index contributed by atoms with van der Waals surface area (Å²) in [5.74, 6) is 0.234. The van der Waals surface area contributed by atoms with Crippen LogP contribution in [-0.4, -0.2) is 66.3 Å². The number of carbonyl (C=O) groups is 3. The van der Waals surface area contributed by atoms with Crippen LogP contribution < -0.4 is 10.6 Å². The first-order valence-electron chi connectivity index (χ1n) is 11.8. The van der Waals surface area contributed by atoms with Gasteiger partial charge in [0.15, 0.2) is 0 Å². The van der Waals surface area contributed by atoms with Gasteiger partial charge in [-0.15, -0.1) is 0 Å². The summed E-state index contributed by atoms with van der Waals surface area (Å²) >= 11 is 0. The number of nitrogens with zero attached hydrogens (tertiary/aromatic N) is 2. The van der Waals surface area contributed by atoms with E-state index in [1.165, 1.54) is 12.8 Å². The number of likely N-dealkylation sites (tertiary alicyclic amines) is 2. The summed E-state index contributed by atoms with van der Waals surface area (Å²) in [4.78, 5) is 41.7. The largest absolute Gasteiger partial charge is 0.349 e. The summed E-state index contributed by atoms with van der Waals surface area (Å²) in [5.41, 5.74) is 1.21. The van der Waals surface area contributed by atoms with Crippen molar-refractivity contribution in [3.63, 3.8) is 0 Å². The van der Waals surface area contributed by atoms with Crippen LogP contribution in [-0.2, 0) is 9.59 Å². The minimum absolute atomic E-state index is 0.0861. The van der Waals surface area contributed by atoms with Gasteiger partial charge in [0.2, 0.25) is 11.8 Å². The van der Waals surface area contributed by atoms with E-state index < -0.39 is 0 Å². The molecule has 4 rings (SSSR count). The molecule has 1 aliphatic carbocycles. The van der Waals surface area contributed by atoms with Crippen molar-refractivity contribution >= 4 is 23.4 Å². The molecule has 0 atom stereocenters. The molecule has 3 aliphatic rings. The Morgan fingerprint density at radius 1 is 0.903 bits per heavy atom. The fraction of sp³-hybridized carbons (Fsp3) is 0.625. The number of anilines is 1. The molecule has 0 aromatic heterocycles. The van der Waals surface area contributed by atoms with E-state index in [0.29, 0.717) is 29.7 Å². The summed E-state index contributed by atoms with van der Waals surface area (Å²) in [5, 5.41) is 5.88. The predicted molar refractivity (Wildman–Crippen MR) is 120 cm³/mol. The van der Waals surface area contributed by atoms with Crippen molar-refractivity contribution in [2.24, 2.45) is 5.92 Å². The van der Waals surface area contributed by atoms with Gasteiger partial charge in [0, 0.05) is 36.3 Å². The molecule has 31 heavy (non-hydrogen) atoms. The Labute approximate surface area is 184 Å². The molecule has 0 bridgehead atoms. The van der Waals surface area contributed by atoms with E-state index in [2.05, 4.69) is 20.4 Å². The van der Waals surface area contributed by atoms with Gasteiger partial charge in [-0.25, -0.2) is 0 Å². The molecule has 7 heteroatoms. The number of carbonyl (C=O) groups excluding carboxylic acids is 3. The van der Waals surface area contributed by atoms with Gasteiger partial charge in [-0.3, -0.25) is 19.3 Å². The Balaban J connectivity index is 1.22. The highest BCUT2D eigenvalue weighted by Gasteiger charge is 2.29. The lowest BCUT2D eigenvalue weighted by molar-refractivity contribution is -0.137. The van der Waals surface area contributed by atoms with Gasteiger partial charge in [0.1, 0.15) is 0 Å². The molecule has 0 spiro atoms. The van der Waals surface area contributed by atoms with Crippen LogP contribution in [0.15, 0.2) is 24.3 Å². The highest BCUT2D eigenvalue weighted by molar-refractivity contribution is 5.97. The number of nitrogens with one attached hydrogen (secondary N) is 2.